The Hall–Kier alpha value is -5.22. The lowest BCUT2D eigenvalue weighted by Gasteiger charge is -2.25. The number of ketones is 2. The molecule has 1 aliphatic carbocycles. The predicted octanol–water partition coefficient (Wildman–Crippen LogP) is 8.87. The fourth-order valence-electron chi connectivity index (χ4n) is 5.79. The SMILES string of the molecule is Cc1ccc2ccccc2c1Nc1ccc(Nc2c(C)ccc3ccccc23)c2c1C(=O)c1ccccc1C2=O. The smallest absolute Gasteiger partial charge is 0.196 e. The molecule has 1 aliphatic rings. The third kappa shape index (κ3) is 3.69. The van der Waals surface area contributed by atoms with Crippen LogP contribution in [0, 0.1) is 13.8 Å². The van der Waals surface area contributed by atoms with Crippen molar-refractivity contribution in [3.8, 4) is 0 Å². The maximum absolute atomic E-state index is 14.1. The van der Waals surface area contributed by atoms with Gasteiger partial charge in [-0.15, -0.1) is 0 Å². The summed E-state index contributed by atoms with van der Waals surface area (Å²) >= 11 is 0. The summed E-state index contributed by atoms with van der Waals surface area (Å²) in [5, 5.41) is 11.4. The van der Waals surface area contributed by atoms with Crippen molar-refractivity contribution < 1.29 is 9.59 Å². The van der Waals surface area contributed by atoms with E-state index in [9.17, 15) is 9.59 Å². The lowest BCUT2D eigenvalue weighted by Crippen LogP contribution is -2.23. The number of rotatable bonds is 4. The summed E-state index contributed by atoms with van der Waals surface area (Å²) in [6.45, 7) is 4.09. The molecule has 0 radical (unpaired) electrons. The van der Waals surface area contributed by atoms with Crippen LogP contribution in [0.5, 0.6) is 0 Å². The number of fused-ring (bicyclic) bond motifs is 4. The van der Waals surface area contributed by atoms with Crippen LogP contribution in [0.25, 0.3) is 21.5 Å². The molecule has 4 heteroatoms. The average molecular weight is 519 g/mol. The minimum atomic E-state index is -0.163. The molecule has 0 unspecified atom stereocenters. The molecule has 6 aromatic rings. The van der Waals surface area contributed by atoms with Crippen molar-refractivity contribution in [2.24, 2.45) is 0 Å². The first-order valence-corrected chi connectivity index (χ1v) is 13.4. The maximum atomic E-state index is 14.1. The third-order valence-electron chi connectivity index (χ3n) is 7.87. The van der Waals surface area contributed by atoms with Crippen molar-refractivity contribution in [1.82, 2.24) is 0 Å². The second kappa shape index (κ2) is 9.21. The van der Waals surface area contributed by atoms with E-state index >= 15 is 0 Å². The zero-order valence-electron chi connectivity index (χ0n) is 22.2. The monoisotopic (exact) mass is 518 g/mol. The van der Waals surface area contributed by atoms with Gasteiger partial charge in [0.2, 0.25) is 0 Å². The van der Waals surface area contributed by atoms with Crippen molar-refractivity contribution in [1.29, 1.82) is 0 Å². The Morgan fingerprint density at radius 1 is 0.450 bits per heavy atom. The molecule has 0 aromatic heterocycles. The summed E-state index contributed by atoms with van der Waals surface area (Å²) in [7, 11) is 0. The van der Waals surface area contributed by atoms with Gasteiger partial charge in [-0.25, -0.2) is 0 Å². The molecule has 0 saturated heterocycles. The van der Waals surface area contributed by atoms with Crippen LogP contribution in [0.4, 0.5) is 22.7 Å². The van der Waals surface area contributed by atoms with Crippen molar-refractivity contribution >= 4 is 55.9 Å². The van der Waals surface area contributed by atoms with E-state index in [1.165, 1.54) is 0 Å². The molecule has 192 valence electrons. The lowest BCUT2D eigenvalue weighted by molar-refractivity contribution is 0.0980. The molecule has 0 atom stereocenters. The highest BCUT2D eigenvalue weighted by Crippen LogP contribution is 2.41. The Morgan fingerprint density at radius 3 is 1.30 bits per heavy atom. The second-order valence-electron chi connectivity index (χ2n) is 10.3. The number of benzene rings is 6. The standard InChI is InChI=1S/C36H26N2O2/c1-21-15-17-23-9-3-5-11-25(23)33(21)37-29-19-20-30(38-34-22(2)16-18-24-10-4-6-12-26(24)34)32-31(29)35(39)27-13-7-8-14-28(27)36(32)40/h3-20,37-38H,1-2H3. The summed E-state index contributed by atoms with van der Waals surface area (Å²) in [5.74, 6) is -0.326. The molecule has 0 aliphatic heterocycles. The van der Waals surface area contributed by atoms with E-state index in [2.05, 4.69) is 59.2 Å². The van der Waals surface area contributed by atoms with E-state index in [-0.39, 0.29) is 11.6 Å². The zero-order chi connectivity index (χ0) is 27.4. The Bertz CT molecular complexity index is 1880. The third-order valence-corrected chi connectivity index (χ3v) is 7.87. The molecule has 0 spiro atoms. The number of aryl methyl sites for hydroxylation is 2. The lowest BCUT2D eigenvalue weighted by atomic mass is 9.82. The molecule has 6 aromatic carbocycles. The van der Waals surface area contributed by atoms with Crippen LogP contribution in [0.2, 0.25) is 0 Å². The van der Waals surface area contributed by atoms with Crippen LogP contribution in [-0.2, 0) is 0 Å². The molecule has 0 saturated carbocycles. The number of carbonyl (C=O) groups excluding carboxylic acids is 2. The van der Waals surface area contributed by atoms with Crippen molar-refractivity contribution in [2.75, 3.05) is 10.6 Å². The Labute approximate surface area is 232 Å². The van der Waals surface area contributed by atoms with Gasteiger partial charge in [0.05, 0.1) is 22.5 Å². The van der Waals surface area contributed by atoms with Gasteiger partial charge in [-0.2, -0.15) is 0 Å². The molecule has 0 amide bonds. The van der Waals surface area contributed by atoms with E-state index in [0.717, 1.165) is 44.0 Å². The Morgan fingerprint density at radius 2 is 0.850 bits per heavy atom. The van der Waals surface area contributed by atoms with Crippen molar-refractivity contribution in [2.45, 2.75) is 13.8 Å². The van der Waals surface area contributed by atoms with E-state index < -0.39 is 0 Å². The van der Waals surface area contributed by atoms with E-state index in [4.69, 9.17) is 0 Å². The van der Waals surface area contributed by atoms with Crippen molar-refractivity contribution in [3.63, 3.8) is 0 Å². The fourth-order valence-corrected chi connectivity index (χ4v) is 5.79. The first kappa shape index (κ1) is 23.9. The highest BCUT2D eigenvalue weighted by atomic mass is 16.1. The Kier molecular flexibility index (Phi) is 5.49. The van der Waals surface area contributed by atoms with E-state index in [1.54, 1.807) is 24.3 Å². The van der Waals surface area contributed by atoms with Gasteiger partial charge in [-0.1, -0.05) is 97.1 Å². The van der Waals surface area contributed by atoms with Gasteiger partial charge in [0.25, 0.3) is 0 Å². The summed E-state index contributed by atoms with van der Waals surface area (Å²) in [5.41, 5.74) is 6.80. The minimum Gasteiger partial charge on any atom is -0.354 e. The fraction of sp³-hybridized carbons (Fsp3) is 0.0556. The van der Waals surface area contributed by atoms with Crippen LogP contribution >= 0.6 is 0 Å². The minimum absolute atomic E-state index is 0.163. The summed E-state index contributed by atoms with van der Waals surface area (Å²) in [4.78, 5) is 28.2. The maximum Gasteiger partial charge on any atom is 0.196 e. The van der Waals surface area contributed by atoms with Gasteiger partial charge >= 0.3 is 0 Å². The molecular weight excluding hydrogens is 492 g/mol. The van der Waals surface area contributed by atoms with Crippen molar-refractivity contribution in [3.05, 3.63) is 143 Å². The molecular formula is C36H26N2O2. The topological polar surface area (TPSA) is 58.2 Å². The molecule has 0 heterocycles. The second-order valence-corrected chi connectivity index (χ2v) is 10.3. The molecule has 40 heavy (non-hydrogen) atoms. The first-order valence-electron chi connectivity index (χ1n) is 13.4. The number of carbonyl (C=O) groups is 2. The normalized spacial score (nSPS) is 12.3. The summed E-state index contributed by atoms with van der Waals surface area (Å²) in [6.07, 6.45) is 0. The number of nitrogens with one attached hydrogen (secondary N) is 2. The van der Waals surface area contributed by atoms with Gasteiger partial charge in [-0.3, -0.25) is 9.59 Å². The van der Waals surface area contributed by atoms with Crippen LogP contribution in [-0.4, -0.2) is 11.6 Å². The quantitative estimate of drug-likeness (QED) is 0.244. The highest BCUT2D eigenvalue weighted by Gasteiger charge is 2.34. The Balaban J connectivity index is 1.44. The van der Waals surface area contributed by atoms with Gasteiger partial charge in [0, 0.05) is 33.3 Å². The predicted molar refractivity (Wildman–Crippen MR) is 164 cm³/mol. The summed E-state index contributed by atoms with van der Waals surface area (Å²) < 4.78 is 0. The molecule has 7 rings (SSSR count). The van der Waals surface area contributed by atoms with Gasteiger partial charge in [-0.05, 0) is 47.9 Å². The molecule has 0 fully saturated rings. The number of hydrogen-bond acceptors (Lipinski definition) is 4. The first-order chi connectivity index (χ1) is 19.5. The summed E-state index contributed by atoms with van der Waals surface area (Å²) in [6, 6.07) is 35.5. The number of anilines is 4. The molecule has 2 N–H and O–H groups in total. The van der Waals surface area contributed by atoms with Gasteiger partial charge in [0.1, 0.15) is 0 Å². The highest BCUT2D eigenvalue weighted by molar-refractivity contribution is 6.32. The van der Waals surface area contributed by atoms with E-state index in [0.29, 0.717) is 33.6 Å². The van der Waals surface area contributed by atoms with Crippen LogP contribution in [0.3, 0.4) is 0 Å². The number of hydrogen-bond donors (Lipinski definition) is 2. The average Bonchev–Trinajstić information content (AvgIpc) is 2.99. The molecule has 4 nitrogen and oxygen atoms in total. The largest absolute Gasteiger partial charge is 0.354 e. The zero-order valence-corrected chi connectivity index (χ0v) is 22.2. The van der Waals surface area contributed by atoms with Gasteiger partial charge in [0.15, 0.2) is 11.6 Å². The molecule has 0 bridgehead atoms. The van der Waals surface area contributed by atoms with Crippen LogP contribution < -0.4 is 10.6 Å². The van der Waals surface area contributed by atoms with Crippen LogP contribution in [0.1, 0.15) is 43.0 Å². The van der Waals surface area contributed by atoms with Gasteiger partial charge < -0.3 is 10.6 Å². The van der Waals surface area contributed by atoms with E-state index in [1.807, 2.05) is 50.2 Å². The van der Waals surface area contributed by atoms with Crippen LogP contribution in [0.15, 0.2) is 109 Å².